The second kappa shape index (κ2) is 8.98. The fraction of sp³-hybridized carbons (Fsp3) is 0.389. The van der Waals surface area contributed by atoms with E-state index in [1.165, 1.54) is 18.0 Å². The third-order valence-electron chi connectivity index (χ3n) is 3.78. The van der Waals surface area contributed by atoms with Gasteiger partial charge in [-0.3, -0.25) is 9.88 Å². The number of aryl methyl sites for hydroxylation is 1. The number of carbonyl (C=O) groups is 1. The summed E-state index contributed by atoms with van der Waals surface area (Å²) in [4.78, 5) is 21.0. The molecule has 0 fully saturated rings. The fourth-order valence-electron chi connectivity index (χ4n) is 2.35. The Bertz CT molecular complexity index is 659. The number of likely N-dealkylation sites (N-methyl/N-ethyl adjacent to an activating group) is 1. The third kappa shape index (κ3) is 5.03. The van der Waals surface area contributed by atoms with E-state index in [-0.39, 0.29) is 5.69 Å². The molecule has 0 amide bonds. The van der Waals surface area contributed by atoms with Gasteiger partial charge < -0.3 is 9.84 Å². The van der Waals surface area contributed by atoms with Crippen LogP contribution in [0.5, 0.6) is 5.75 Å². The second-order valence-corrected chi connectivity index (χ2v) is 5.38. The minimum absolute atomic E-state index is 0.0405. The summed E-state index contributed by atoms with van der Waals surface area (Å²) in [6.45, 7) is 6.99. The van der Waals surface area contributed by atoms with Crippen LogP contribution in [0.1, 0.15) is 35.6 Å². The molecule has 128 valence electrons. The number of para-hydroxylation sites is 1. The molecule has 0 bridgehead atoms. The summed E-state index contributed by atoms with van der Waals surface area (Å²) >= 11 is 0. The Morgan fingerprint density at radius 1 is 1.21 bits per heavy atom. The Hall–Kier alpha value is -2.47. The van der Waals surface area contributed by atoms with Gasteiger partial charge >= 0.3 is 5.97 Å². The van der Waals surface area contributed by atoms with Crippen LogP contribution in [0.25, 0.3) is 0 Å². The van der Waals surface area contributed by atoms with Crippen molar-refractivity contribution in [2.75, 3.05) is 19.7 Å². The number of carboxylic acids is 1. The average molecular weight is 329 g/mol. The molecule has 0 atom stereocenters. The number of benzene rings is 1. The molecule has 1 heterocycles. The van der Waals surface area contributed by atoms with Crippen molar-refractivity contribution in [2.24, 2.45) is 0 Å². The van der Waals surface area contributed by atoms with E-state index in [1.807, 2.05) is 18.2 Å². The predicted octanol–water partition coefficient (Wildman–Crippen LogP) is 2.64. The molecule has 0 saturated carbocycles. The van der Waals surface area contributed by atoms with E-state index in [1.54, 1.807) is 0 Å². The summed E-state index contributed by atoms with van der Waals surface area (Å²) in [6.07, 6.45) is 3.75. The van der Waals surface area contributed by atoms with E-state index in [2.05, 4.69) is 34.8 Å². The molecule has 0 saturated heterocycles. The lowest BCUT2D eigenvalue weighted by molar-refractivity contribution is 0.0690. The zero-order valence-electron chi connectivity index (χ0n) is 14.1. The number of nitrogens with zero attached hydrogens (tertiary/aromatic N) is 3. The lowest BCUT2D eigenvalue weighted by Crippen LogP contribution is -2.28. The number of hydrogen-bond donors (Lipinski definition) is 1. The summed E-state index contributed by atoms with van der Waals surface area (Å²) in [5.41, 5.74) is 1.91. The quantitative estimate of drug-likeness (QED) is 0.762. The number of hydrogen-bond acceptors (Lipinski definition) is 5. The first kappa shape index (κ1) is 17.9. The highest BCUT2D eigenvalue weighted by Crippen LogP contribution is 2.18. The Morgan fingerprint density at radius 3 is 2.62 bits per heavy atom. The van der Waals surface area contributed by atoms with Gasteiger partial charge in [-0.1, -0.05) is 32.0 Å². The van der Waals surface area contributed by atoms with Gasteiger partial charge in [0.1, 0.15) is 12.4 Å². The summed E-state index contributed by atoms with van der Waals surface area (Å²) in [6, 6.07) is 8.06. The Labute approximate surface area is 142 Å². The molecule has 1 aromatic carbocycles. The topological polar surface area (TPSA) is 75.5 Å². The average Bonchev–Trinajstić information content (AvgIpc) is 2.61. The molecule has 6 nitrogen and oxygen atoms in total. The highest BCUT2D eigenvalue weighted by molar-refractivity contribution is 5.84. The van der Waals surface area contributed by atoms with Crippen molar-refractivity contribution in [3.8, 4) is 5.75 Å². The first-order valence-corrected chi connectivity index (χ1v) is 8.11. The van der Waals surface area contributed by atoms with Gasteiger partial charge in [-0.05, 0) is 24.6 Å². The predicted molar refractivity (Wildman–Crippen MR) is 91.3 cm³/mol. The number of ether oxygens (including phenoxy) is 1. The largest absolute Gasteiger partial charge is 0.492 e. The molecular weight excluding hydrogens is 306 g/mol. The van der Waals surface area contributed by atoms with Crippen LogP contribution in [0, 0.1) is 0 Å². The zero-order valence-corrected chi connectivity index (χ0v) is 14.1. The smallest absolute Gasteiger partial charge is 0.356 e. The van der Waals surface area contributed by atoms with Crippen LogP contribution in [-0.2, 0) is 13.0 Å². The van der Waals surface area contributed by atoms with E-state index >= 15 is 0 Å². The van der Waals surface area contributed by atoms with E-state index in [4.69, 9.17) is 9.84 Å². The van der Waals surface area contributed by atoms with Gasteiger partial charge in [-0.2, -0.15) is 0 Å². The third-order valence-corrected chi connectivity index (χ3v) is 3.78. The molecule has 0 aliphatic heterocycles. The normalized spacial score (nSPS) is 10.8. The van der Waals surface area contributed by atoms with Crippen molar-refractivity contribution in [3.05, 3.63) is 53.6 Å². The van der Waals surface area contributed by atoms with Crippen LogP contribution < -0.4 is 4.74 Å². The Morgan fingerprint density at radius 2 is 2.00 bits per heavy atom. The molecule has 6 heteroatoms. The summed E-state index contributed by atoms with van der Waals surface area (Å²) in [5, 5.41) is 8.84. The molecule has 1 N–H and O–H groups in total. The second-order valence-electron chi connectivity index (χ2n) is 5.38. The van der Waals surface area contributed by atoms with Crippen molar-refractivity contribution in [1.82, 2.24) is 14.9 Å². The van der Waals surface area contributed by atoms with Crippen molar-refractivity contribution < 1.29 is 14.6 Å². The summed E-state index contributed by atoms with van der Waals surface area (Å²) in [7, 11) is 0. The Kier molecular flexibility index (Phi) is 6.69. The van der Waals surface area contributed by atoms with Crippen LogP contribution in [0.3, 0.4) is 0 Å². The van der Waals surface area contributed by atoms with E-state index in [0.29, 0.717) is 13.2 Å². The molecular formula is C18H23N3O3. The lowest BCUT2D eigenvalue weighted by atomic mass is 10.1. The molecule has 2 aromatic rings. The summed E-state index contributed by atoms with van der Waals surface area (Å²) in [5.74, 6) is -0.133. The number of carboxylic acid groups (broad SMARTS) is 1. The molecule has 0 spiro atoms. The molecule has 24 heavy (non-hydrogen) atoms. The van der Waals surface area contributed by atoms with Gasteiger partial charge in [-0.15, -0.1) is 0 Å². The van der Waals surface area contributed by atoms with Crippen LogP contribution in [-0.4, -0.2) is 45.6 Å². The summed E-state index contributed by atoms with van der Waals surface area (Å²) < 4.78 is 5.89. The van der Waals surface area contributed by atoms with Crippen LogP contribution in [0.15, 0.2) is 36.7 Å². The first-order chi connectivity index (χ1) is 11.6. The highest BCUT2D eigenvalue weighted by atomic mass is 16.5. The molecule has 2 rings (SSSR count). The highest BCUT2D eigenvalue weighted by Gasteiger charge is 2.09. The maximum absolute atomic E-state index is 10.8. The molecule has 0 radical (unpaired) electrons. The fourth-order valence-corrected chi connectivity index (χ4v) is 2.35. The van der Waals surface area contributed by atoms with Crippen molar-refractivity contribution in [2.45, 2.75) is 26.8 Å². The van der Waals surface area contributed by atoms with Crippen molar-refractivity contribution in [3.63, 3.8) is 0 Å². The van der Waals surface area contributed by atoms with Gasteiger partial charge in [0.2, 0.25) is 0 Å². The van der Waals surface area contributed by atoms with E-state index in [0.717, 1.165) is 31.0 Å². The lowest BCUT2D eigenvalue weighted by Gasteiger charge is -2.20. The molecule has 0 aliphatic rings. The van der Waals surface area contributed by atoms with Gasteiger partial charge in [0.15, 0.2) is 5.69 Å². The van der Waals surface area contributed by atoms with Gasteiger partial charge in [0.25, 0.3) is 0 Å². The number of rotatable bonds is 9. The Balaban J connectivity index is 1.86. The SMILES string of the molecule is CCc1ccccc1OCCN(CC)Cc1cnc(C(=O)O)cn1. The van der Waals surface area contributed by atoms with Gasteiger partial charge in [0.05, 0.1) is 18.1 Å². The number of aromatic carboxylic acids is 1. The van der Waals surface area contributed by atoms with Crippen LogP contribution >= 0.6 is 0 Å². The maximum atomic E-state index is 10.8. The van der Waals surface area contributed by atoms with Gasteiger partial charge in [-0.25, -0.2) is 9.78 Å². The molecule has 0 unspecified atom stereocenters. The van der Waals surface area contributed by atoms with E-state index in [9.17, 15) is 4.79 Å². The van der Waals surface area contributed by atoms with Crippen molar-refractivity contribution >= 4 is 5.97 Å². The standard InChI is InChI=1S/C18H23N3O3/c1-3-14-7-5-6-8-17(14)24-10-9-21(4-2)13-15-11-20-16(12-19-15)18(22)23/h5-8,11-12H,3-4,9-10,13H2,1-2H3,(H,22,23). The molecule has 1 aromatic heterocycles. The van der Waals surface area contributed by atoms with Crippen LogP contribution in [0.2, 0.25) is 0 Å². The minimum atomic E-state index is -1.07. The van der Waals surface area contributed by atoms with Gasteiger partial charge in [0, 0.05) is 13.1 Å². The zero-order chi connectivity index (χ0) is 17.4. The van der Waals surface area contributed by atoms with E-state index < -0.39 is 5.97 Å². The van der Waals surface area contributed by atoms with Crippen LogP contribution in [0.4, 0.5) is 0 Å². The monoisotopic (exact) mass is 329 g/mol. The maximum Gasteiger partial charge on any atom is 0.356 e. The number of aromatic nitrogens is 2. The first-order valence-electron chi connectivity index (χ1n) is 8.11. The van der Waals surface area contributed by atoms with Crippen molar-refractivity contribution in [1.29, 1.82) is 0 Å². The minimum Gasteiger partial charge on any atom is -0.492 e. The molecule has 0 aliphatic carbocycles.